The van der Waals surface area contributed by atoms with Crippen molar-refractivity contribution in [2.75, 3.05) is 25.1 Å². The van der Waals surface area contributed by atoms with E-state index in [9.17, 15) is 14.4 Å². The normalized spacial score (nSPS) is 11.4. The van der Waals surface area contributed by atoms with Crippen molar-refractivity contribution in [1.29, 1.82) is 0 Å². The summed E-state index contributed by atoms with van der Waals surface area (Å²) >= 11 is 0. The van der Waals surface area contributed by atoms with E-state index in [1.807, 2.05) is 0 Å². The third kappa shape index (κ3) is 4.14. The Hall–Kier alpha value is -3.35. The number of amides is 3. The van der Waals surface area contributed by atoms with Crippen LogP contribution >= 0.6 is 0 Å². The molecule has 0 heterocycles. The average Bonchev–Trinajstić information content (AvgIpc) is 2.57. The SMILES string of the molecule is CN(C)C(=O)C(C(N)=O)c1ccc(C(=O)Nc2ccccc2N)cc1. The van der Waals surface area contributed by atoms with Gasteiger partial charge in [-0.25, -0.2) is 0 Å². The molecular weight excluding hydrogens is 320 g/mol. The van der Waals surface area contributed by atoms with Crippen LogP contribution in [0.15, 0.2) is 48.5 Å². The Kier molecular flexibility index (Phi) is 5.38. The van der Waals surface area contributed by atoms with Crippen molar-refractivity contribution in [3.05, 3.63) is 59.7 Å². The highest BCUT2D eigenvalue weighted by Gasteiger charge is 2.27. The number of primary amides is 1. The third-order valence-electron chi connectivity index (χ3n) is 3.69. The maximum atomic E-state index is 12.3. The number of anilines is 2. The largest absolute Gasteiger partial charge is 0.397 e. The molecule has 2 aromatic carbocycles. The lowest BCUT2D eigenvalue weighted by molar-refractivity contribution is -0.135. The van der Waals surface area contributed by atoms with Gasteiger partial charge in [-0.2, -0.15) is 0 Å². The van der Waals surface area contributed by atoms with E-state index in [0.29, 0.717) is 22.5 Å². The van der Waals surface area contributed by atoms with E-state index in [2.05, 4.69) is 5.32 Å². The molecule has 0 spiro atoms. The number of rotatable bonds is 5. The minimum absolute atomic E-state index is 0.348. The number of carbonyl (C=O) groups excluding carboxylic acids is 3. The van der Waals surface area contributed by atoms with Gasteiger partial charge in [-0.1, -0.05) is 24.3 Å². The predicted molar refractivity (Wildman–Crippen MR) is 95.9 cm³/mol. The van der Waals surface area contributed by atoms with Crippen LogP contribution in [0.3, 0.4) is 0 Å². The second-order valence-electron chi connectivity index (χ2n) is 5.73. The summed E-state index contributed by atoms with van der Waals surface area (Å²) in [5, 5.41) is 2.71. The van der Waals surface area contributed by atoms with Gasteiger partial charge in [-0.05, 0) is 29.8 Å². The lowest BCUT2D eigenvalue weighted by atomic mass is 9.96. The Morgan fingerprint density at radius 3 is 2.12 bits per heavy atom. The van der Waals surface area contributed by atoms with E-state index in [0.717, 1.165) is 0 Å². The van der Waals surface area contributed by atoms with Crippen LogP contribution in [0.25, 0.3) is 0 Å². The molecule has 0 saturated heterocycles. The Morgan fingerprint density at radius 2 is 1.60 bits per heavy atom. The van der Waals surface area contributed by atoms with Gasteiger partial charge in [-0.3, -0.25) is 14.4 Å². The minimum atomic E-state index is -1.09. The number of nitrogens with two attached hydrogens (primary N) is 2. The zero-order chi connectivity index (χ0) is 18.6. The Labute approximate surface area is 145 Å². The Morgan fingerprint density at radius 1 is 1.00 bits per heavy atom. The Balaban J connectivity index is 2.21. The summed E-state index contributed by atoms with van der Waals surface area (Å²) in [6.07, 6.45) is 0. The zero-order valence-corrected chi connectivity index (χ0v) is 14.0. The van der Waals surface area contributed by atoms with Crippen molar-refractivity contribution in [3.8, 4) is 0 Å². The topological polar surface area (TPSA) is 119 Å². The van der Waals surface area contributed by atoms with Gasteiger partial charge >= 0.3 is 0 Å². The van der Waals surface area contributed by atoms with Gasteiger partial charge in [-0.15, -0.1) is 0 Å². The number of benzene rings is 2. The molecule has 2 rings (SSSR count). The quantitative estimate of drug-likeness (QED) is 0.559. The van der Waals surface area contributed by atoms with Gasteiger partial charge in [0.05, 0.1) is 11.4 Å². The van der Waals surface area contributed by atoms with Gasteiger partial charge in [0, 0.05) is 19.7 Å². The van der Waals surface area contributed by atoms with Crippen LogP contribution in [0.4, 0.5) is 11.4 Å². The summed E-state index contributed by atoms with van der Waals surface area (Å²) in [6, 6.07) is 13.1. The van der Waals surface area contributed by atoms with Crippen LogP contribution in [0.5, 0.6) is 0 Å². The second kappa shape index (κ2) is 7.48. The first-order valence-corrected chi connectivity index (χ1v) is 7.57. The molecule has 130 valence electrons. The van der Waals surface area contributed by atoms with Crippen molar-refractivity contribution in [2.45, 2.75) is 5.92 Å². The van der Waals surface area contributed by atoms with Crippen molar-refractivity contribution >= 4 is 29.1 Å². The molecule has 0 radical (unpaired) electrons. The molecule has 7 nitrogen and oxygen atoms in total. The summed E-state index contributed by atoms with van der Waals surface area (Å²) in [6.45, 7) is 0. The van der Waals surface area contributed by atoms with Crippen LogP contribution in [0.2, 0.25) is 0 Å². The summed E-state index contributed by atoms with van der Waals surface area (Å²) in [4.78, 5) is 37.3. The third-order valence-corrected chi connectivity index (χ3v) is 3.69. The number of nitrogens with zero attached hydrogens (tertiary/aromatic N) is 1. The molecule has 25 heavy (non-hydrogen) atoms. The van der Waals surface area contributed by atoms with Gasteiger partial charge in [0.1, 0.15) is 5.92 Å². The number of nitrogen functional groups attached to an aromatic ring is 1. The van der Waals surface area contributed by atoms with E-state index >= 15 is 0 Å². The Bertz CT molecular complexity index is 800. The molecule has 0 aliphatic rings. The smallest absolute Gasteiger partial charge is 0.255 e. The fourth-order valence-electron chi connectivity index (χ4n) is 2.32. The minimum Gasteiger partial charge on any atom is -0.397 e. The molecule has 2 aromatic rings. The van der Waals surface area contributed by atoms with E-state index in [-0.39, 0.29) is 5.91 Å². The molecule has 1 atom stereocenters. The van der Waals surface area contributed by atoms with E-state index < -0.39 is 17.7 Å². The number of nitrogens with one attached hydrogen (secondary N) is 1. The van der Waals surface area contributed by atoms with E-state index in [1.54, 1.807) is 50.5 Å². The molecule has 0 aliphatic carbocycles. The first kappa shape index (κ1) is 18.0. The van der Waals surface area contributed by atoms with Crippen molar-refractivity contribution in [3.63, 3.8) is 0 Å². The van der Waals surface area contributed by atoms with Gasteiger partial charge in [0.25, 0.3) is 5.91 Å². The molecule has 1 unspecified atom stereocenters. The second-order valence-corrected chi connectivity index (χ2v) is 5.73. The van der Waals surface area contributed by atoms with Crippen LogP contribution in [-0.4, -0.2) is 36.7 Å². The summed E-state index contributed by atoms with van der Waals surface area (Å²) in [5.41, 5.74) is 12.9. The standard InChI is InChI=1S/C18H20N4O3/c1-22(2)18(25)15(16(20)23)11-7-9-12(10-8-11)17(24)21-14-6-4-3-5-13(14)19/h3-10,15H,19H2,1-2H3,(H2,20,23)(H,21,24). The fraction of sp³-hybridized carbons (Fsp3) is 0.167. The zero-order valence-electron chi connectivity index (χ0n) is 14.0. The fourth-order valence-corrected chi connectivity index (χ4v) is 2.32. The molecule has 0 aromatic heterocycles. The number of carbonyl (C=O) groups is 3. The number of likely N-dealkylation sites (N-methyl/N-ethyl adjacent to an activating group) is 1. The van der Waals surface area contributed by atoms with Crippen LogP contribution in [0.1, 0.15) is 21.8 Å². The molecule has 5 N–H and O–H groups in total. The predicted octanol–water partition coefficient (Wildman–Crippen LogP) is 1.18. The summed E-state index contributed by atoms with van der Waals surface area (Å²) in [7, 11) is 3.09. The molecular formula is C18H20N4O3. The van der Waals surface area contributed by atoms with Crippen LogP contribution in [-0.2, 0) is 9.59 Å². The molecule has 0 fully saturated rings. The molecule has 0 aliphatic heterocycles. The average molecular weight is 340 g/mol. The van der Waals surface area contributed by atoms with Crippen LogP contribution in [0, 0.1) is 0 Å². The summed E-state index contributed by atoms with van der Waals surface area (Å²) < 4.78 is 0. The highest BCUT2D eigenvalue weighted by atomic mass is 16.2. The number of para-hydroxylation sites is 2. The van der Waals surface area contributed by atoms with Gasteiger partial charge < -0.3 is 21.7 Å². The summed E-state index contributed by atoms with van der Waals surface area (Å²) in [5.74, 6) is -2.59. The molecule has 0 saturated carbocycles. The number of hydrogen-bond acceptors (Lipinski definition) is 4. The van der Waals surface area contributed by atoms with E-state index in [4.69, 9.17) is 11.5 Å². The first-order chi connectivity index (χ1) is 11.8. The van der Waals surface area contributed by atoms with Crippen molar-refractivity contribution < 1.29 is 14.4 Å². The number of hydrogen-bond donors (Lipinski definition) is 3. The van der Waals surface area contributed by atoms with Crippen molar-refractivity contribution in [1.82, 2.24) is 4.90 Å². The highest BCUT2D eigenvalue weighted by Crippen LogP contribution is 2.20. The lowest BCUT2D eigenvalue weighted by Gasteiger charge is -2.18. The van der Waals surface area contributed by atoms with Crippen LogP contribution < -0.4 is 16.8 Å². The lowest BCUT2D eigenvalue weighted by Crippen LogP contribution is -2.36. The molecule has 0 bridgehead atoms. The monoisotopic (exact) mass is 340 g/mol. The first-order valence-electron chi connectivity index (χ1n) is 7.57. The van der Waals surface area contributed by atoms with Gasteiger partial charge in [0.15, 0.2) is 0 Å². The van der Waals surface area contributed by atoms with Crippen molar-refractivity contribution in [2.24, 2.45) is 5.73 Å². The van der Waals surface area contributed by atoms with E-state index in [1.165, 1.54) is 17.0 Å². The van der Waals surface area contributed by atoms with Gasteiger partial charge in [0.2, 0.25) is 11.8 Å². The molecule has 3 amide bonds. The maximum absolute atomic E-state index is 12.3. The maximum Gasteiger partial charge on any atom is 0.255 e. The molecule has 7 heteroatoms. The highest BCUT2D eigenvalue weighted by molar-refractivity contribution is 6.07.